The van der Waals surface area contributed by atoms with E-state index in [1.165, 1.54) is 0 Å². The molecule has 5 aliphatic rings. The van der Waals surface area contributed by atoms with Gasteiger partial charge in [-0.05, 0) is 13.8 Å². The Bertz CT molecular complexity index is 868. The lowest BCUT2D eigenvalue weighted by molar-refractivity contribution is -0.142. The summed E-state index contributed by atoms with van der Waals surface area (Å²) in [6.45, 7) is 17.6. The Morgan fingerprint density at radius 3 is 1.81 bits per heavy atom. The molecule has 32 heavy (non-hydrogen) atoms. The first-order valence-corrected chi connectivity index (χ1v) is 16.7. The van der Waals surface area contributed by atoms with E-state index in [0.717, 1.165) is 52.4 Å². The molecule has 4 saturated heterocycles. The average Bonchev–Trinajstić information content (AvgIpc) is 3.57. The number of esters is 1. The monoisotopic (exact) mass is 504 g/mol. The molecule has 5 rings (SSSR count). The molecule has 0 spiro atoms. The van der Waals surface area contributed by atoms with Gasteiger partial charge < -0.3 is 9.47 Å². The second kappa shape index (κ2) is 8.94. The fourth-order valence-electron chi connectivity index (χ4n) is 3.86. The van der Waals surface area contributed by atoms with Crippen LogP contribution >= 0.6 is 22.4 Å². The van der Waals surface area contributed by atoms with Crippen molar-refractivity contribution in [2.45, 2.75) is 20.3 Å². The van der Waals surface area contributed by atoms with E-state index in [9.17, 15) is 4.79 Å². The predicted octanol–water partition coefficient (Wildman–Crippen LogP) is 3.28. The second-order valence-corrected chi connectivity index (χ2v) is 17.3. The molecule has 14 heteroatoms. The Labute approximate surface area is 191 Å². The van der Waals surface area contributed by atoms with Crippen molar-refractivity contribution in [1.29, 1.82) is 0 Å². The smallest absolute Gasteiger partial charge is 0.306 e. The first-order valence-electron chi connectivity index (χ1n) is 11.6. The maximum absolute atomic E-state index is 12.4. The van der Waals surface area contributed by atoms with Crippen LogP contribution in [-0.4, -0.2) is 103 Å². The Hall–Kier alpha value is -0.500. The van der Waals surface area contributed by atoms with Crippen molar-refractivity contribution in [3.63, 3.8) is 0 Å². The van der Waals surface area contributed by atoms with Crippen molar-refractivity contribution in [2.24, 2.45) is 13.5 Å². The van der Waals surface area contributed by atoms with E-state index < -0.39 is 22.4 Å². The highest BCUT2D eigenvalue weighted by Gasteiger charge is 2.56. The van der Waals surface area contributed by atoms with Crippen LogP contribution < -0.4 is 5.09 Å². The van der Waals surface area contributed by atoms with Gasteiger partial charge in [-0.25, -0.2) is 18.7 Å². The highest BCUT2D eigenvalue weighted by Crippen LogP contribution is 2.84. The van der Waals surface area contributed by atoms with Gasteiger partial charge in [-0.2, -0.15) is 13.5 Å². The van der Waals surface area contributed by atoms with Gasteiger partial charge in [0.15, 0.2) is 0 Å². The zero-order valence-electron chi connectivity index (χ0n) is 19.1. The Kier molecular flexibility index (Phi) is 6.49. The normalized spacial score (nSPS) is 30.4. The first kappa shape index (κ1) is 23.3. The van der Waals surface area contributed by atoms with E-state index in [1.807, 2.05) is 13.8 Å². The molecule has 0 aromatic rings. The van der Waals surface area contributed by atoms with Gasteiger partial charge in [-0.3, -0.25) is 9.88 Å². The molecular formula is C18H35N8O3P3. The van der Waals surface area contributed by atoms with Gasteiger partial charge in [0, 0.05) is 58.5 Å². The Balaban J connectivity index is 1.60. The topological polar surface area (TPSA) is 96.7 Å². The van der Waals surface area contributed by atoms with Gasteiger partial charge in [0.2, 0.25) is 15.0 Å². The largest absolute Gasteiger partial charge is 0.497 e. The van der Waals surface area contributed by atoms with Crippen LogP contribution in [0.15, 0.2) is 25.9 Å². The van der Waals surface area contributed by atoms with Gasteiger partial charge in [-0.1, -0.05) is 6.58 Å². The number of ether oxygens (including phenoxy) is 2. The molecule has 0 aromatic heterocycles. The maximum atomic E-state index is 12.4. The van der Waals surface area contributed by atoms with Crippen molar-refractivity contribution < 1.29 is 14.3 Å². The molecule has 1 atom stereocenters. The molecule has 0 aliphatic carbocycles. The molecule has 4 fully saturated rings. The van der Waals surface area contributed by atoms with Crippen LogP contribution in [0.5, 0.6) is 0 Å². The number of nitrogens with zero attached hydrogens (tertiary/aromatic N) is 7. The van der Waals surface area contributed by atoms with E-state index >= 15 is 0 Å². The Morgan fingerprint density at radius 1 is 0.844 bits per heavy atom. The fraction of sp³-hybridized carbons (Fsp3) is 0.833. The van der Waals surface area contributed by atoms with Crippen LogP contribution in [0.2, 0.25) is 0 Å². The summed E-state index contributed by atoms with van der Waals surface area (Å²) in [7, 11) is -6.81. The molecule has 180 valence electrons. The number of carbonyl (C=O) groups excluding carboxylic acids is 1. The van der Waals surface area contributed by atoms with Gasteiger partial charge in [-0.15, -0.1) is 0 Å². The summed E-state index contributed by atoms with van der Waals surface area (Å²) in [4.78, 5) is 12.4. The lowest BCUT2D eigenvalue weighted by atomic mass is 10.5. The maximum Gasteiger partial charge on any atom is 0.306 e. The van der Waals surface area contributed by atoms with Crippen molar-refractivity contribution in [3.8, 4) is 0 Å². The molecule has 1 unspecified atom stereocenters. The number of nitrogens with one attached hydrogen (secondary N) is 1. The van der Waals surface area contributed by atoms with Crippen LogP contribution in [-0.2, 0) is 14.3 Å². The van der Waals surface area contributed by atoms with E-state index in [0.29, 0.717) is 38.1 Å². The standard InChI is InChI=1S/C18H35N8O3P3/c1-4-28-17(3)16-19-30(15-6-18(27)29-5-2)20-31(23-7-8-23,24-9-10-24)22-32(21-30,25-11-12-25)26-13-14-26/h19H,3-16H2,1-2H3. The zero-order chi connectivity index (χ0) is 22.4. The third-order valence-corrected chi connectivity index (χ3v) is 18.2. The van der Waals surface area contributed by atoms with Crippen LogP contribution in [0.1, 0.15) is 20.3 Å². The summed E-state index contributed by atoms with van der Waals surface area (Å²) in [5, 5.41) is 3.69. The molecule has 0 aromatic carbocycles. The minimum Gasteiger partial charge on any atom is -0.497 e. The lowest BCUT2D eigenvalue weighted by Gasteiger charge is -2.38. The molecule has 1 N–H and O–H groups in total. The van der Waals surface area contributed by atoms with E-state index in [2.05, 4.69) is 30.3 Å². The highest BCUT2D eigenvalue weighted by molar-refractivity contribution is 7.84. The zero-order valence-corrected chi connectivity index (χ0v) is 21.8. The minimum atomic E-state index is -2.45. The molecule has 11 nitrogen and oxygen atoms in total. The minimum absolute atomic E-state index is 0.185. The van der Waals surface area contributed by atoms with Crippen molar-refractivity contribution >= 4 is 28.3 Å². The van der Waals surface area contributed by atoms with Gasteiger partial charge in [0.25, 0.3) is 0 Å². The third kappa shape index (κ3) is 4.69. The van der Waals surface area contributed by atoms with Gasteiger partial charge in [0.1, 0.15) is 13.1 Å². The predicted molar refractivity (Wildman–Crippen MR) is 129 cm³/mol. The summed E-state index contributed by atoms with van der Waals surface area (Å²) < 4.78 is 37.5. The van der Waals surface area contributed by atoms with Crippen LogP contribution in [0.25, 0.3) is 0 Å². The average molecular weight is 504 g/mol. The number of carbonyl (C=O) groups is 1. The Morgan fingerprint density at radius 2 is 1.34 bits per heavy atom. The van der Waals surface area contributed by atoms with E-state index in [4.69, 9.17) is 23.0 Å². The molecule has 0 saturated carbocycles. The molecule has 0 bridgehead atoms. The summed E-state index contributed by atoms with van der Waals surface area (Å²) in [5.41, 5.74) is 0. The third-order valence-electron chi connectivity index (χ3n) is 5.80. The number of hydrogen-bond acceptors (Lipinski definition) is 11. The summed E-state index contributed by atoms with van der Waals surface area (Å²) >= 11 is 0. The van der Waals surface area contributed by atoms with Crippen LogP contribution in [0, 0.1) is 0 Å². The molecule has 0 radical (unpaired) electrons. The number of rotatable bonds is 13. The second-order valence-electron chi connectivity index (χ2n) is 8.47. The van der Waals surface area contributed by atoms with Crippen LogP contribution in [0.3, 0.4) is 0 Å². The van der Waals surface area contributed by atoms with Crippen molar-refractivity contribution in [2.75, 3.05) is 78.3 Å². The summed E-state index contributed by atoms with van der Waals surface area (Å²) in [5.74, 6) is 0.496. The lowest BCUT2D eigenvalue weighted by Crippen LogP contribution is -2.21. The quantitative estimate of drug-likeness (QED) is 0.177. The molecule has 0 amide bonds. The highest BCUT2D eigenvalue weighted by atomic mass is 31.3. The summed E-state index contributed by atoms with van der Waals surface area (Å²) in [6.07, 6.45) is 0.871. The first-order chi connectivity index (χ1) is 15.5. The van der Waals surface area contributed by atoms with E-state index in [-0.39, 0.29) is 5.97 Å². The van der Waals surface area contributed by atoms with Crippen molar-refractivity contribution in [3.05, 3.63) is 12.3 Å². The fourth-order valence-corrected chi connectivity index (χ4v) is 18.9. The molecule has 5 heterocycles. The SMILES string of the molecule is C=C(CNP1(CCC(=O)OCC)=NP(N2CC2)(N2CC2)=NP(N2CC2)(N2CC2)=N1)OCC. The van der Waals surface area contributed by atoms with E-state index in [1.54, 1.807) is 0 Å². The van der Waals surface area contributed by atoms with Crippen LogP contribution in [0.4, 0.5) is 0 Å². The molecular weight excluding hydrogens is 469 g/mol. The van der Waals surface area contributed by atoms with Gasteiger partial charge >= 0.3 is 5.97 Å². The van der Waals surface area contributed by atoms with Crippen molar-refractivity contribution in [1.82, 2.24) is 23.8 Å². The summed E-state index contributed by atoms with van der Waals surface area (Å²) in [6, 6.07) is 0. The number of hydrogen-bond donors (Lipinski definition) is 1. The molecule has 5 aliphatic heterocycles. The van der Waals surface area contributed by atoms with Gasteiger partial charge in [0.05, 0.1) is 26.2 Å².